The lowest BCUT2D eigenvalue weighted by Crippen LogP contribution is -2.11. The van der Waals surface area contributed by atoms with Crippen molar-refractivity contribution < 1.29 is 9.32 Å². The molecule has 6 nitrogen and oxygen atoms in total. The highest BCUT2D eigenvalue weighted by Crippen LogP contribution is 2.21. The molecule has 0 aliphatic rings. The predicted octanol–water partition coefficient (Wildman–Crippen LogP) is 4.15. The van der Waals surface area contributed by atoms with Crippen LogP contribution in [-0.4, -0.2) is 20.8 Å². The SMILES string of the molecule is Cc1ccc(-c2cc(C(=O)Nc3cnn(Cc4ccccc4)c3)no2)cc1. The number of amides is 1. The van der Waals surface area contributed by atoms with E-state index >= 15 is 0 Å². The summed E-state index contributed by atoms with van der Waals surface area (Å²) in [7, 11) is 0. The molecule has 0 atom stereocenters. The number of hydrogen-bond acceptors (Lipinski definition) is 4. The zero-order valence-electron chi connectivity index (χ0n) is 14.8. The Bertz CT molecular complexity index is 1050. The van der Waals surface area contributed by atoms with E-state index in [-0.39, 0.29) is 11.6 Å². The quantitative estimate of drug-likeness (QED) is 0.582. The molecule has 0 saturated carbocycles. The average Bonchev–Trinajstić information content (AvgIpc) is 3.33. The molecule has 0 fully saturated rings. The average molecular weight is 358 g/mol. The fourth-order valence-electron chi connectivity index (χ4n) is 2.72. The number of carbonyl (C=O) groups is 1. The maximum absolute atomic E-state index is 12.4. The normalized spacial score (nSPS) is 10.7. The minimum atomic E-state index is -0.337. The zero-order chi connectivity index (χ0) is 18.6. The van der Waals surface area contributed by atoms with E-state index in [0.29, 0.717) is 18.0 Å². The molecule has 4 aromatic rings. The van der Waals surface area contributed by atoms with Crippen molar-refractivity contribution in [2.24, 2.45) is 0 Å². The van der Waals surface area contributed by atoms with Crippen LogP contribution in [0.1, 0.15) is 21.6 Å². The van der Waals surface area contributed by atoms with Crippen molar-refractivity contribution in [3.8, 4) is 11.3 Å². The maximum Gasteiger partial charge on any atom is 0.277 e. The molecular formula is C21H18N4O2. The van der Waals surface area contributed by atoms with Crippen molar-refractivity contribution >= 4 is 11.6 Å². The molecule has 0 aliphatic carbocycles. The summed E-state index contributed by atoms with van der Waals surface area (Å²) in [6, 6.07) is 19.5. The Morgan fingerprint density at radius 1 is 1.11 bits per heavy atom. The van der Waals surface area contributed by atoms with Crippen LogP contribution in [0.2, 0.25) is 0 Å². The monoisotopic (exact) mass is 358 g/mol. The Hall–Kier alpha value is -3.67. The van der Waals surface area contributed by atoms with Crippen LogP contribution < -0.4 is 5.32 Å². The van der Waals surface area contributed by atoms with Gasteiger partial charge >= 0.3 is 0 Å². The van der Waals surface area contributed by atoms with Crippen molar-refractivity contribution in [2.45, 2.75) is 13.5 Å². The van der Waals surface area contributed by atoms with E-state index < -0.39 is 0 Å². The predicted molar refractivity (Wildman–Crippen MR) is 102 cm³/mol. The van der Waals surface area contributed by atoms with Gasteiger partial charge < -0.3 is 9.84 Å². The highest BCUT2D eigenvalue weighted by molar-refractivity contribution is 6.03. The summed E-state index contributed by atoms with van der Waals surface area (Å²) in [5, 5.41) is 10.9. The minimum Gasteiger partial charge on any atom is -0.355 e. The molecule has 1 amide bonds. The van der Waals surface area contributed by atoms with Crippen LogP contribution in [0.4, 0.5) is 5.69 Å². The second kappa shape index (κ2) is 7.29. The number of benzene rings is 2. The third-order valence-electron chi connectivity index (χ3n) is 4.16. The Labute approximate surface area is 156 Å². The van der Waals surface area contributed by atoms with Crippen LogP contribution in [-0.2, 0) is 6.54 Å². The number of anilines is 1. The van der Waals surface area contributed by atoms with Gasteiger partial charge in [-0.2, -0.15) is 5.10 Å². The lowest BCUT2D eigenvalue weighted by atomic mass is 10.1. The van der Waals surface area contributed by atoms with Crippen LogP contribution in [0, 0.1) is 6.92 Å². The molecular weight excluding hydrogens is 340 g/mol. The van der Waals surface area contributed by atoms with E-state index in [1.807, 2.05) is 61.5 Å². The molecule has 27 heavy (non-hydrogen) atoms. The van der Waals surface area contributed by atoms with Gasteiger partial charge in [-0.1, -0.05) is 65.3 Å². The molecule has 4 rings (SSSR count). The Kier molecular flexibility index (Phi) is 4.53. The van der Waals surface area contributed by atoms with Gasteiger partial charge in [0, 0.05) is 17.8 Å². The van der Waals surface area contributed by atoms with Gasteiger partial charge in [0.1, 0.15) is 0 Å². The van der Waals surface area contributed by atoms with E-state index in [1.165, 1.54) is 0 Å². The first kappa shape index (κ1) is 16.8. The van der Waals surface area contributed by atoms with E-state index in [4.69, 9.17) is 4.52 Å². The molecule has 0 radical (unpaired) electrons. The third kappa shape index (κ3) is 3.95. The maximum atomic E-state index is 12.4. The Morgan fingerprint density at radius 3 is 2.67 bits per heavy atom. The van der Waals surface area contributed by atoms with Crippen LogP contribution in [0.15, 0.2) is 77.6 Å². The van der Waals surface area contributed by atoms with Crippen molar-refractivity contribution in [2.75, 3.05) is 5.32 Å². The second-order valence-corrected chi connectivity index (χ2v) is 6.31. The van der Waals surface area contributed by atoms with Crippen molar-refractivity contribution in [1.82, 2.24) is 14.9 Å². The Balaban J connectivity index is 1.43. The van der Waals surface area contributed by atoms with Gasteiger partial charge in [-0.3, -0.25) is 9.48 Å². The van der Waals surface area contributed by atoms with Crippen molar-refractivity contribution in [3.05, 3.63) is 89.9 Å². The molecule has 0 spiro atoms. The number of aryl methyl sites for hydroxylation is 1. The van der Waals surface area contributed by atoms with Gasteiger partial charge in [0.05, 0.1) is 18.4 Å². The van der Waals surface area contributed by atoms with Gasteiger partial charge in [0.25, 0.3) is 5.91 Å². The molecule has 2 aromatic heterocycles. The molecule has 2 aromatic carbocycles. The molecule has 0 saturated heterocycles. The van der Waals surface area contributed by atoms with Crippen LogP contribution in [0.3, 0.4) is 0 Å². The van der Waals surface area contributed by atoms with Gasteiger partial charge in [0.2, 0.25) is 0 Å². The first-order valence-electron chi connectivity index (χ1n) is 8.59. The van der Waals surface area contributed by atoms with Crippen LogP contribution >= 0.6 is 0 Å². The first-order valence-corrected chi connectivity index (χ1v) is 8.59. The largest absolute Gasteiger partial charge is 0.355 e. The minimum absolute atomic E-state index is 0.224. The molecule has 6 heteroatoms. The molecule has 134 valence electrons. The lowest BCUT2D eigenvalue weighted by molar-refractivity contribution is 0.101. The van der Waals surface area contributed by atoms with Gasteiger partial charge in [-0.15, -0.1) is 0 Å². The summed E-state index contributed by atoms with van der Waals surface area (Å²) >= 11 is 0. The highest BCUT2D eigenvalue weighted by atomic mass is 16.5. The van der Waals surface area contributed by atoms with Crippen LogP contribution in [0.25, 0.3) is 11.3 Å². The van der Waals surface area contributed by atoms with Gasteiger partial charge in [0.15, 0.2) is 11.5 Å². The highest BCUT2D eigenvalue weighted by Gasteiger charge is 2.14. The number of nitrogens with one attached hydrogen (secondary N) is 1. The van der Waals surface area contributed by atoms with Gasteiger partial charge in [-0.05, 0) is 12.5 Å². The summed E-state index contributed by atoms with van der Waals surface area (Å²) in [5.74, 6) is 0.219. The Morgan fingerprint density at radius 2 is 1.89 bits per heavy atom. The molecule has 2 heterocycles. The number of rotatable bonds is 5. The number of hydrogen-bond donors (Lipinski definition) is 1. The van der Waals surface area contributed by atoms with E-state index in [1.54, 1.807) is 23.1 Å². The number of carbonyl (C=O) groups excluding carboxylic acids is 1. The van der Waals surface area contributed by atoms with Crippen molar-refractivity contribution in [1.29, 1.82) is 0 Å². The number of nitrogens with zero attached hydrogens (tertiary/aromatic N) is 3. The third-order valence-corrected chi connectivity index (χ3v) is 4.16. The second-order valence-electron chi connectivity index (χ2n) is 6.31. The smallest absolute Gasteiger partial charge is 0.277 e. The van der Waals surface area contributed by atoms with E-state index in [9.17, 15) is 4.79 Å². The molecule has 0 bridgehead atoms. The summed E-state index contributed by atoms with van der Waals surface area (Å²) in [4.78, 5) is 12.4. The summed E-state index contributed by atoms with van der Waals surface area (Å²) < 4.78 is 7.07. The fourth-order valence-corrected chi connectivity index (χ4v) is 2.72. The summed E-state index contributed by atoms with van der Waals surface area (Å²) in [6.07, 6.45) is 3.40. The number of aromatic nitrogens is 3. The van der Waals surface area contributed by atoms with Crippen molar-refractivity contribution in [3.63, 3.8) is 0 Å². The zero-order valence-corrected chi connectivity index (χ0v) is 14.8. The first-order chi connectivity index (χ1) is 13.2. The van der Waals surface area contributed by atoms with Gasteiger partial charge in [-0.25, -0.2) is 0 Å². The summed E-state index contributed by atoms with van der Waals surface area (Å²) in [5.41, 5.74) is 4.00. The lowest BCUT2D eigenvalue weighted by Gasteiger charge is -2.01. The fraction of sp³-hybridized carbons (Fsp3) is 0.0952. The van der Waals surface area contributed by atoms with E-state index in [0.717, 1.165) is 16.7 Å². The van der Waals surface area contributed by atoms with Crippen LogP contribution in [0.5, 0.6) is 0 Å². The van der Waals surface area contributed by atoms with E-state index in [2.05, 4.69) is 15.6 Å². The molecule has 0 aliphatic heterocycles. The standard InChI is InChI=1S/C21H18N4O2/c1-15-7-9-17(10-8-15)20-11-19(24-27-20)21(26)23-18-12-22-25(14-18)13-16-5-3-2-4-6-16/h2-12,14H,13H2,1H3,(H,23,26). The molecule has 1 N–H and O–H groups in total. The summed E-state index contributed by atoms with van der Waals surface area (Å²) in [6.45, 7) is 2.65. The topological polar surface area (TPSA) is 73.0 Å². The molecule has 0 unspecified atom stereocenters.